The SMILES string of the molecule is CC(=CBr)c1ccccn1. The van der Waals surface area contributed by atoms with Gasteiger partial charge in [0.15, 0.2) is 0 Å². The van der Waals surface area contributed by atoms with E-state index in [1.807, 2.05) is 30.1 Å². The van der Waals surface area contributed by atoms with Crippen molar-refractivity contribution in [2.75, 3.05) is 0 Å². The molecule has 0 unspecified atom stereocenters. The van der Waals surface area contributed by atoms with Crippen LogP contribution in [0.2, 0.25) is 0 Å². The summed E-state index contributed by atoms with van der Waals surface area (Å²) in [5, 5.41) is 0. The molecular weight excluding hydrogens is 190 g/mol. The van der Waals surface area contributed by atoms with Crippen LogP contribution in [0, 0.1) is 0 Å². The fourth-order valence-electron chi connectivity index (χ4n) is 0.652. The summed E-state index contributed by atoms with van der Waals surface area (Å²) in [6.45, 7) is 2.01. The van der Waals surface area contributed by atoms with Crippen molar-refractivity contribution >= 4 is 21.5 Å². The van der Waals surface area contributed by atoms with Gasteiger partial charge in [0, 0.05) is 6.20 Å². The van der Waals surface area contributed by atoms with Crippen molar-refractivity contribution < 1.29 is 0 Å². The minimum absolute atomic E-state index is 1.01. The summed E-state index contributed by atoms with van der Waals surface area (Å²) in [5.74, 6) is 0. The van der Waals surface area contributed by atoms with Gasteiger partial charge in [0.25, 0.3) is 0 Å². The highest BCUT2D eigenvalue weighted by Crippen LogP contribution is 2.10. The van der Waals surface area contributed by atoms with Gasteiger partial charge >= 0.3 is 0 Å². The quantitative estimate of drug-likeness (QED) is 0.676. The van der Waals surface area contributed by atoms with E-state index in [4.69, 9.17) is 0 Å². The lowest BCUT2D eigenvalue weighted by Gasteiger charge is -1.95. The van der Waals surface area contributed by atoms with E-state index in [-0.39, 0.29) is 0 Å². The predicted molar refractivity (Wildman–Crippen MR) is 46.8 cm³/mol. The first kappa shape index (κ1) is 7.48. The van der Waals surface area contributed by atoms with Crippen molar-refractivity contribution in [2.45, 2.75) is 6.92 Å². The van der Waals surface area contributed by atoms with E-state index >= 15 is 0 Å². The Balaban J connectivity index is 2.96. The number of hydrogen-bond acceptors (Lipinski definition) is 1. The lowest BCUT2D eigenvalue weighted by atomic mass is 10.2. The van der Waals surface area contributed by atoms with Gasteiger partial charge in [-0.1, -0.05) is 22.0 Å². The second-order valence-corrected chi connectivity index (χ2v) is 2.46. The molecule has 0 fully saturated rings. The summed E-state index contributed by atoms with van der Waals surface area (Å²) < 4.78 is 0. The van der Waals surface area contributed by atoms with E-state index in [2.05, 4.69) is 20.9 Å². The van der Waals surface area contributed by atoms with E-state index in [9.17, 15) is 0 Å². The fourth-order valence-corrected chi connectivity index (χ4v) is 0.886. The Morgan fingerprint density at radius 1 is 1.60 bits per heavy atom. The Morgan fingerprint density at radius 3 is 2.90 bits per heavy atom. The molecule has 10 heavy (non-hydrogen) atoms. The topological polar surface area (TPSA) is 12.9 Å². The van der Waals surface area contributed by atoms with Crippen LogP contribution >= 0.6 is 15.9 Å². The largest absolute Gasteiger partial charge is 0.257 e. The third-order valence-corrected chi connectivity index (χ3v) is 1.92. The number of allylic oxidation sites excluding steroid dienone is 1. The molecule has 0 N–H and O–H groups in total. The molecule has 0 atom stereocenters. The van der Waals surface area contributed by atoms with Crippen molar-refractivity contribution in [1.82, 2.24) is 4.98 Å². The van der Waals surface area contributed by atoms with E-state index in [0.29, 0.717) is 0 Å². The standard InChI is InChI=1S/C8H8BrN/c1-7(6-9)8-4-2-3-5-10-8/h2-6H,1H3. The predicted octanol–water partition coefficient (Wildman–Crippen LogP) is 2.84. The molecule has 1 heterocycles. The van der Waals surface area contributed by atoms with E-state index in [0.717, 1.165) is 11.3 Å². The fraction of sp³-hybridized carbons (Fsp3) is 0.125. The van der Waals surface area contributed by atoms with Crippen molar-refractivity contribution in [3.8, 4) is 0 Å². The Hall–Kier alpha value is -0.630. The zero-order valence-electron chi connectivity index (χ0n) is 5.71. The van der Waals surface area contributed by atoms with Gasteiger partial charge < -0.3 is 0 Å². The van der Waals surface area contributed by atoms with Gasteiger partial charge in [-0.2, -0.15) is 0 Å². The molecule has 0 saturated heterocycles. The maximum Gasteiger partial charge on any atom is 0.0663 e. The van der Waals surface area contributed by atoms with Crippen molar-refractivity contribution in [1.29, 1.82) is 0 Å². The third-order valence-electron chi connectivity index (χ3n) is 1.23. The average Bonchev–Trinajstić information content (AvgIpc) is 2.05. The molecular formula is C8H8BrN. The summed E-state index contributed by atoms with van der Waals surface area (Å²) >= 11 is 3.25. The van der Waals surface area contributed by atoms with E-state index < -0.39 is 0 Å². The number of halogens is 1. The number of rotatable bonds is 1. The maximum atomic E-state index is 4.15. The molecule has 1 nitrogen and oxygen atoms in total. The van der Waals surface area contributed by atoms with Crippen LogP contribution < -0.4 is 0 Å². The Morgan fingerprint density at radius 2 is 2.40 bits per heavy atom. The first-order chi connectivity index (χ1) is 4.84. The Labute approximate surface area is 68.9 Å². The van der Waals surface area contributed by atoms with Crippen LogP contribution in [0.1, 0.15) is 12.6 Å². The molecule has 1 rings (SSSR count). The lowest BCUT2D eigenvalue weighted by molar-refractivity contribution is 1.27. The zero-order chi connectivity index (χ0) is 7.40. The van der Waals surface area contributed by atoms with Gasteiger partial charge in [-0.25, -0.2) is 0 Å². The number of hydrogen-bond donors (Lipinski definition) is 0. The second-order valence-electron chi connectivity index (χ2n) is 2.01. The minimum atomic E-state index is 1.01. The average molecular weight is 198 g/mol. The molecule has 0 saturated carbocycles. The van der Waals surface area contributed by atoms with Crippen LogP contribution in [0.4, 0.5) is 0 Å². The number of aromatic nitrogens is 1. The van der Waals surface area contributed by atoms with E-state index in [1.54, 1.807) is 6.20 Å². The highest BCUT2D eigenvalue weighted by Gasteiger charge is 1.91. The van der Waals surface area contributed by atoms with Crippen LogP contribution in [-0.2, 0) is 0 Å². The van der Waals surface area contributed by atoms with Gasteiger partial charge in [0.1, 0.15) is 0 Å². The van der Waals surface area contributed by atoms with Crippen molar-refractivity contribution in [2.24, 2.45) is 0 Å². The summed E-state index contributed by atoms with van der Waals surface area (Å²) in [6, 6.07) is 5.86. The van der Waals surface area contributed by atoms with Crippen molar-refractivity contribution in [3.63, 3.8) is 0 Å². The van der Waals surface area contributed by atoms with E-state index in [1.165, 1.54) is 0 Å². The van der Waals surface area contributed by atoms with Gasteiger partial charge in [-0.05, 0) is 29.6 Å². The summed E-state index contributed by atoms with van der Waals surface area (Å²) in [7, 11) is 0. The molecule has 0 aliphatic heterocycles. The normalized spacial score (nSPS) is 11.6. The third kappa shape index (κ3) is 1.67. The Bertz CT molecular complexity index is 228. The molecule has 0 aliphatic rings. The number of pyridine rings is 1. The highest BCUT2D eigenvalue weighted by atomic mass is 79.9. The molecule has 2 heteroatoms. The first-order valence-electron chi connectivity index (χ1n) is 3.03. The van der Waals surface area contributed by atoms with Crippen LogP contribution in [0.3, 0.4) is 0 Å². The first-order valence-corrected chi connectivity index (χ1v) is 3.94. The van der Waals surface area contributed by atoms with Crippen LogP contribution in [0.15, 0.2) is 29.4 Å². The molecule has 1 aromatic heterocycles. The Kier molecular flexibility index (Phi) is 2.63. The molecule has 0 amide bonds. The maximum absolute atomic E-state index is 4.15. The smallest absolute Gasteiger partial charge is 0.0663 e. The molecule has 52 valence electrons. The lowest BCUT2D eigenvalue weighted by Crippen LogP contribution is -1.81. The number of nitrogens with zero attached hydrogens (tertiary/aromatic N) is 1. The molecule has 1 aromatic rings. The van der Waals surface area contributed by atoms with Crippen LogP contribution in [-0.4, -0.2) is 4.98 Å². The van der Waals surface area contributed by atoms with Crippen LogP contribution in [0.25, 0.3) is 5.57 Å². The molecule has 0 aliphatic carbocycles. The summed E-state index contributed by atoms with van der Waals surface area (Å²) in [6.07, 6.45) is 1.79. The summed E-state index contributed by atoms with van der Waals surface area (Å²) in [4.78, 5) is 6.02. The van der Waals surface area contributed by atoms with Gasteiger partial charge in [0.05, 0.1) is 5.69 Å². The molecule has 0 spiro atoms. The van der Waals surface area contributed by atoms with Crippen molar-refractivity contribution in [3.05, 3.63) is 35.1 Å². The molecule has 0 bridgehead atoms. The highest BCUT2D eigenvalue weighted by molar-refractivity contribution is 9.11. The second kappa shape index (κ2) is 3.52. The molecule has 0 radical (unpaired) electrons. The molecule has 0 aromatic carbocycles. The minimum Gasteiger partial charge on any atom is -0.257 e. The van der Waals surface area contributed by atoms with Gasteiger partial charge in [-0.15, -0.1) is 0 Å². The summed E-state index contributed by atoms with van der Waals surface area (Å²) in [5.41, 5.74) is 2.15. The van der Waals surface area contributed by atoms with Gasteiger partial charge in [0.2, 0.25) is 0 Å². The monoisotopic (exact) mass is 197 g/mol. The van der Waals surface area contributed by atoms with Gasteiger partial charge in [-0.3, -0.25) is 4.98 Å². The van der Waals surface area contributed by atoms with Crippen LogP contribution in [0.5, 0.6) is 0 Å². The zero-order valence-corrected chi connectivity index (χ0v) is 7.30.